The minimum Gasteiger partial charge on any atom is -0.334 e. The number of hydrogen-bond acceptors (Lipinski definition) is 3. The molecule has 4 unspecified atom stereocenters. The van der Waals surface area contributed by atoms with Crippen LogP contribution in [0, 0.1) is 0 Å². The van der Waals surface area contributed by atoms with Crippen LogP contribution in [0.2, 0.25) is 0 Å². The first kappa shape index (κ1) is 34.8. The predicted molar refractivity (Wildman–Crippen MR) is 245 cm³/mol. The molecule has 4 atom stereocenters. The summed E-state index contributed by atoms with van der Waals surface area (Å²) in [6.45, 7) is 17.6. The first-order valence-corrected chi connectivity index (χ1v) is 22.0. The molecule has 288 valence electrons. The van der Waals surface area contributed by atoms with Crippen molar-refractivity contribution in [2.75, 3.05) is 14.7 Å². The fourth-order valence-corrected chi connectivity index (χ4v) is 13.4. The van der Waals surface area contributed by atoms with Gasteiger partial charge in [-0.25, -0.2) is 0 Å². The zero-order valence-corrected chi connectivity index (χ0v) is 35.3. The Hall–Kier alpha value is -5.22. The number of para-hydroxylation sites is 3. The van der Waals surface area contributed by atoms with Gasteiger partial charge >= 0.3 is 0 Å². The zero-order valence-electron chi connectivity index (χ0n) is 35.3. The standard InChI is InChI=1S/C54H54BN3/c1-50(2,3)36-26-27-44-41(32-36)51(4)29-15-16-30-53(51,6)57(44)38-33-46-48-47(34-38)58-49-40(52(5)31-28-35-18-11-12-21-39(35)54(52,58)7)22-17-24-43(49)55(48)42-23-13-14-25-45(42)56(46)37-19-9-8-10-20-37/h8-14,17-27,32-34H,15-16,28-31H2,1-7H3. The largest absolute Gasteiger partial charge is 0.334 e. The number of benzene rings is 6. The molecule has 6 aliphatic rings. The lowest BCUT2D eigenvalue weighted by molar-refractivity contribution is 0.195. The fraction of sp³-hybridized carbons (Fsp3) is 0.333. The van der Waals surface area contributed by atoms with Crippen LogP contribution in [0.5, 0.6) is 0 Å². The van der Waals surface area contributed by atoms with Crippen molar-refractivity contribution in [2.24, 2.45) is 0 Å². The Bertz CT molecular complexity index is 2730. The minimum absolute atomic E-state index is 0.0313. The van der Waals surface area contributed by atoms with Crippen molar-refractivity contribution < 1.29 is 0 Å². The van der Waals surface area contributed by atoms with Crippen LogP contribution in [0.15, 0.2) is 127 Å². The summed E-state index contributed by atoms with van der Waals surface area (Å²) in [4.78, 5) is 8.29. The topological polar surface area (TPSA) is 9.72 Å². The molecule has 4 heterocycles. The van der Waals surface area contributed by atoms with Crippen LogP contribution >= 0.6 is 0 Å². The Morgan fingerprint density at radius 2 is 1.24 bits per heavy atom. The van der Waals surface area contributed by atoms with E-state index in [1.807, 2.05) is 0 Å². The summed E-state index contributed by atoms with van der Waals surface area (Å²) in [5, 5.41) is 0. The van der Waals surface area contributed by atoms with E-state index in [0.717, 1.165) is 12.8 Å². The molecule has 0 N–H and O–H groups in total. The van der Waals surface area contributed by atoms with Crippen molar-refractivity contribution in [2.45, 2.75) is 114 Å². The number of aryl methyl sites for hydroxylation is 1. The summed E-state index contributed by atoms with van der Waals surface area (Å²) in [5.74, 6) is 0. The molecule has 12 rings (SSSR count). The molecular weight excluding hydrogens is 701 g/mol. The summed E-state index contributed by atoms with van der Waals surface area (Å²) < 4.78 is 0. The van der Waals surface area contributed by atoms with Gasteiger partial charge in [0.05, 0.1) is 11.1 Å². The third-order valence-electron chi connectivity index (χ3n) is 16.8. The Balaban J connectivity index is 1.21. The predicted octanol–water partition coefficient (Wildman–Crippen LogP) is 11.6. The quantitative estimate of drug-likeness (QED) is 0.163. The van der Waals surface area contributed by atoms with Crippen LogP contribution in [-0.2, 0) is 28.2 Å². The van der Waals surface area contributed by atoms with Crippen LogP contribution in [0.25, 0.3) is 0 Å². The maximum absolute atomic E-state index is 2.87. The van der Waals surface area contributed by atoms with Gasteiger partial charge in [-0.2, -0.15) is 0 Å². The molecule has 4 heteroatoms. The summed E-state index contributed by atoms with van der Waals surface area (Å²) in [6.07, 6.45) is 7.13. The second-order valence-corrected chi connectivity index (χ2v) is 20.3. The van der Waals surface area contributed by atoms with Gasteiger partial charge in [-0.05, 0) is 126 Å². The number of rotatable bonds is 2. The summed E-state index contributed by atoms with van der Waals surface area (Å²) in [7, 11) is 0. The van der Waals surface area contributed by atoms with Crippen LogP contribution in [0.1, 0.15) is 108 Å². The fourth-order valence-electron chi connectivity index (χ4n) is 13.4. The first-order valence-electron chi connectivity index (χ1n) is 22.0. The van der Waals surface area contributed by atoms with Gasteiger partial charge in [-0.15, -0.1) is 0 Å². The lowest BCUT2D eigenvalue weighted by atomic mass is 9.33. The normalized spacial score (nSPS) is 26.9. The average molecular weight is 756 g/mol. The SMILES string of the molecule is CC(C)(C)c1ccc2c(c1)C1(C)CCCCC1(C)N2c1cc2c3c(c1)N1c4c(cccc4C4(C)CCc5ccccc5C14C)B3c1ccccc1N2c1ccccc1. The van der Waals surface area contributed by atoms with Crippen LogP contribution in [-0.4, -0.2) is 12.3 Å². The van der Waals surface area contributed by atoms with E-state index in [2.05, 4.69) is 191 Å². The molecule has 6 aromatic carbocycles. The maximum atomic E-state index is 2.87. The first-order chi connectivity index (χ1) is 27.9. The number of hydrogen-bond donors (Lipinski definition) is 0. The van der Waals surface area contributed by atoms with E-state index in [4.69, 9.17) is 0 Å². The van der Waals surface area contributed by atoms with E-state index in [9.17, 15) is 0 Å². The van der Waals surface area contributed by atoms with Crippen molar-refractivity contribution in [1.29, 1.82) is 0 Å². The van der Waals surface area contributed by atoms with Crippen LogP contribution < -0.4 is 31.1 Å². The van der Waals surface area contributed by atoms with Crippen LogP contribution in [0.3, 0.4) is 0 Å². The average Bonchev–Trinajstić information content (AvgIpc) is 3.58. The zero-order chi connectivity index (χ0) is 39.6. The Labute approximate surface area is 345 Å². The van der Waals surface area contributed by atoms with Gasteiger partial charge in [-0.3, -0.25) is 0 Å². The molecule has 0 radical (unpaired) electrons. The molecule has 0 bridgehead atoms. The van der Waals surface area contributed by atoms with E-state index >= 15 is 0 Å². The molecule has 2 aliphatic carbocycles. The molecule has 0 amide bonds. The molecule has 4 aliphatic heterocycles. The van der Waals surface area contributed by atoms with Gasteiger partial charge in [0.15, 0.2) is 0 Å². The van der Waals surface area contributed by atoms with Gasteiger partial charge in [0.1, 0.15) is 0 Å². The molecule has 1 saturated carbocycles. The summed E-state index contributed by atoms with van der Waals surface area (Å²) in [5.41, 5.74) is 20.7. The highest BCUT2D eigenvalue weighted by Gasteiger charge is 2.64. The van der Waals surface area contributed by atoms with E-state index < -0.39 is 0 Å². The van der Waals surface area contributed by atoms with E-state index in [1.54, 1.807) is 0 Å². The van der Waals surface area contributed by atoms with Crippen molar-refractivity contribution >= 4 is 62.9 Å². The molecular formula is C54H54BN3. The van der Waals surface area contributed by atoms with Gasteiger partial charge in [-0.1, -0.05) is 138 Å². The van der Waals surface area contributed by atoms with Gasteiger partial charge in [0, 0.05) is 50.6 Å². The Kier molecular flexibility index (Phi) is 6.77. The van der Waals surface area contributed by atoms with Crippen molar-refractivity contribution in [1.82, 2.24) is 0 Å². The Morgan fingerprint density at radius 3 is 2.07 bits per heavy atom. The minimum atomic E-state index is -0.278. The van der Waals surface area contributed by atoms with Gasteiger partial charge in [0.2, 0.25) is 0 Å². The lowest BCUT2D eigenvalue weighted by Crippen LogP contribution is -2.64. The highest BCUT2D eigenvalue weighted by atomic mass is 15.3. The van der Waals surface area contributed by atoms with E-state index in [0.29, 0.717) is 0 Å². The third-order valence-corrected chi connectivity index (χ3v) is 16.8. The van der Waals surface area contributed by atoms with Crippen molar-refractivity contribution in [3.05, 3.63) is 155 Å². The monoisotopic (exact) mass is 755 g/mol. The Morgan fingerprint density at radius 1 is 0.534 bits per heavy atom. The molecule has 3 nitrogen and oxygen atoms in total. The maximum Gasteiger partial charge on any atom is 0.252 e. The highest BCUT2D eigenvalue weighted by Crippen LogP contribution is 2.66. The molecule has 1 fully saturated rings. The number of nitrogens with zero attached hydrogens (tertiary/aromatic N) is 3. The van der Waals surface area contributed by atoms with Crippen LogP contribution in [0.4, 0.5) is 39.8 Å². The van der Waals surface area contributed by atoms with Crippen molar-refractivity contribution in [3.63, 3.8) is 0 Å². The third kappa shape index (κ3) is 4.03. The highest BCUT2D eigenvalue weighted by molar-refractivity contribution is 7.00. The van der Waals surface area contributed by atoms with E-state index in [-0.39, 0.29) is 34.0 Å². The van der Waals surface area contributed by atoms with Gasteiger partial charge < -0.3 is 14.7 Å². The smallest absolute Gasteiger partial charge is 0.252 e. The molecule has 0 spiro atoms. The molecule has 6 aromatic rings. The molecule has 58 heavy (non-hydrogen) atoms. The summed E-state index contributed by atoms with van der Waals surface area (Å²) in [6, 6.07) is 49.9. The number of fused-ring (bicyclic) bond motifs is 12. The van der Waals surface area contributed by atoms with Crippen molar-refractivity contribution in [3.8, 4) is 0 Å². The summed E-state index contributed by atoms with van der Waals surface area (Å²) >= 11 is 0. The van der Waals surface area contributed by atoms with E-state index in [1.165, 1.54) is 110 Å². The second kappa shape index (κ2) is 11.3. The molecule has 0 aromatic heterocycles. The second-order valence-electron chi connectivity index (χ2n) is 20.3. The van der Waals surface area contributed by atoms with Gasteiger partial charge in [0.25, 0.3) is 6.71 Å². The number of anilines is 7. The molecule has 0 saturated heterocycles. The lowest BCUT2D eigenvalue weighted by Gasteiger charge is -2.54.